The second kappa shape index (κ2) is 33.2. The molecule has 0 aliphatic heterocycles. The normalized spacial score (nSPS) is 11.3. The zero-order chi connectivity index (χ0) is 88.3. The van der Waals surface area contributed by atoms with Crippen molar-refractivity contribution >= 4 is 87.2 Å². The molecule has 4 heterocycles. The fourth-order valence-electron chi connectivity index (χ4n) is 19.6. The third-order valence-corrected chi connectivity index (χ3v) is 26.0. The van der Waals surface area contributed by atoms with Gasteiger partial charge in [0, 0.05) is 65.6 Å². The van der Waals surface area contributed by atoms with Crippen LogP contribution in [0.5, 0.6) is 0 Å². The van der Waals surface area contributed by atoms with E-state index in [-0.39, 0.29) is 0 Å². The van der Waals surface area contributed by atoms with Gasteiger partial charge in [-0.1, -0.05) is 340 Å². The van der Waals surface area contributed by atoms with Crippen LogP contribution in [0.3, 0.4) is 0 Å². The monoisotopic (exact) mass is 1680 g/mol. The van der Waals surface area contributed by atoms with Gasteiger partial charge in [0.1, 0.15) is 12.1 Å². The Morgan fingerprint density at radius 1 is 0.136 bits per heavy atom. The molecule has 0 saturated heterocycles. The van der Waals surface area contributed by atoms with Gasteiger partial charge in [-0.15, -0.1) is 0 Å². The summed E-state index contributed by atoms with van der Waals surface area (Å²) in [6.45, 7) is 0. The summed E-state index contributed by atoms with van der Waals surface area (Å²) >= 11 is 0. The molecule has 0 spiro atoms. The second-order valence-electron chi connectivity index (χ2n) is 33.5. The molecule has 0 radical (unpaired) electrons. The molecule has 132 heavy (non-hydrogen) atoms. The van der Waals surface area contributed by atoms with Crippen LogP contribution in [-0.4, -0.2) is 18.3 Å². The Hall–Kier alpha value is -18.4. The van der Waals surface area contributed by atoms with Gasteiger partial charge in [-0.05, 0) is 221 Å². The Morgan fingerprint density at radius 3 is 0.583 bits per heavy atom. The summed E-state index contributed by atoms with van der Waals surface area (Å²) in [6.07, 6.45) is 0. The smallest absolute Gasteiger partial charge is 0.101 e. The fourth-order valence-corrected chi connectivity index (χ4v) is 19.6. The predicted molar refractivity (Wildman–Crippen MR) is 543 cm³/mol. The summed E-state index contributed by atoms with van der Waals surface area (Å²) in [5.74, 6) is 0. The van der Waals surface area contributed by atoms with Crippen molar-refractivity contribution in [1.82, 2.24) is 18.3 Å². The van der Waals surface area contributed by atoms with Crippen molar-refractivity contribution in [3.05, 3.63) is 483 Å². The molecule has 20 aromatic carbocycles. The van der Waals surface area contributed by atoms with Gasteiger partial charge >= 0.3 is 0 Å². The summed E-state index contributed by atoms with van der Waals surface area (Å²) in [7, 11) is 0. The van der Waals surface area contributed by atoms with E-state index in [4.69, 9.17) is 0 Å². The number of aromatic nitrogens is 4. The van der Waals surface area contributed by atoms with E-state index >= 15 is 0 Å². The number of nitriles is 4. The van der Waals surface area contributed by atoms with Gasteiger partial charge in [0.25, 0.3) is 0 Å². The molecule has 8 heteroatoms. The minimum atomic E-state index is 0.490. The first-order valence-corrected chi connectivity index (χ1v) is 44.2. The van der Waals surface area contributed by atoms with Crippen molar-refractivity contribution in [2.24, 2.45) is 0 Å². The lowest BCUT2D eigenvalue weighted by Crippen LogP contribution is -2.00. The number of rotatable bonds is 14. The van der Waals surface area contributed by atoms with Crippen LogP contribution >= 0.6 is 0 Å². The Balaban J connectivity index is 0.000000150. The van der Waals surface area contributed by atoms with Gasteiger partial charge in [0.15, 0.2) is 0 Å². The van der Waals surface area contributed by atoms with E-state index in [1.165, 1.54) is 0 Å². The average Bonchev–Trinajstić information content (AvgIpc) is 1.59. The minimum Gasteiger partial charge on any atom is -0.309 e. The van der Waals surface area contributed by atoms with Crippen molar-refractivity contribution in [3.63, 3.8) is 0 Å². The lowest BCUT2D eigenvalue weighted by molar-refractivity contribution is 1.16. The Morgan fingerprint density at radius 2 is 0.341 bits per heavy atom. The molecule has 0 fully saturated rings. The van der Waals surface area contributed by atoms with Crippen LogP contribution in [0.15, 0.2) is 461 Å². The number of hydrogen-bond acceptors (Lipinski definition) is 4. The van der Waals surface area contributed by atoms with E-state index in [1.807, 2.05) is 97.1 Å². The molecule has 0 bridgehead atoms. The van der Waals surface area contributed by atoms with Gasteiger partial charge in [-0.2, -0.15) is 21.0 Å². The fraction of sp³-hybridized carbons (Fsp3) is 0. The van der Waals surface area contributed by atoms with Crippen molar-refractivity contribution < 1.29 is 0 Å². The Kier molecular flexibility index (Phi) is 19.7. The van der Waals surface area contributed by atoms with E-state index in [2.05, 4.69) is 407 Å². The van der Waals surface area contributed by atoms with Crippen molar-refractivity contribution in [2.75, 3.05) is 0 Å². The summed E-state index contributed by atoms with van der Waals surface area (Å²) in [6, 6.07) is 171. The molecule has 0 amide bonds. The highest BCUT2D eigenvalue weighted by molar-refractivity contribution is 6.16. The standard InChI is InChI=1S/2C62H38N4/c63-39-49-33-51(65-59-31-23-45(41-13-5-1-6-14-41)35-57(59)55-27-21-47(37-61(55)65)43-17-9-3-10-18-43)25-29-53(49)54-30-26-52(34-50(54)40-64)66-60-32-24-46(42-15-7-2-8-16-42)36-58(60)56-28-22-48(38-62(56)66)44-19-11-4-12-20-44;63-39-51-23-21-49(35-59(51)65-57-31-27-45(41-13-5-1-6-14-41)33-55(57)53-29-25-47(37-61(53)65)43-17-9-3-10-18-43)50-22-24-52(40-64)60(36-50)66-58-32-28-46(42-15-7-2-8-16-42)34-56(58)54-30-26-48(38-62(54)66)44-19-11-4-12-20-44/h2*1-38H. The second-order valence-corrected chi connectivity index (χ2v) is 33.5. The minimum absolute atomic E-state index is 0.490. The van der Waals surface area contributed by atoms with Crippen LogP contribution in [-0.2, 0) is 0 Å². The Bertz CT molecular complexity index is 8370. The molecule has 0 unspecified atom stereocenters. The molecule has 612 valence electrons. The molecule has 8 nitrogen and oxygen atoms in total. The van der Waals surface area contributed by atoms with E-state index in [1.54, 1.807) is 0 Å². The predicted octanol–water partition coefficient (Wildman–Crippen LogP) is 31.9. The number of hydrogen-bond donors (Lipinski definition) is 0. The van der Waals surface area contributed by atoms with E-state index < -0.39 is 0 Å². The Labute approximate surface area is 762 Å². The lowest BCUT2D eigenvalue weighted by Gasteiger charge is -2.15. The van der Waals surface area contributed by atoms with Crippen molar-refractivity contribution in [1.29, 1.82) is 21.0 Å². The zero-order valence-corrected chi connectivity index (χ0v) is 71.5. The molecule has 24 rings (SSSR count). The zero-order valence-electron chi connectivity index (χ0n) is 71.5. The third-order valence-electron chi connectivity index (χ3n) is 26.0. The van der Waals surface area contributed by atoms with Crippen molar-refractivity contribution in [2.45, 2.75) is 0 Å². The first kappa shape index (κ1) is 78.3. The first-order chi connectivity index (χ1) is 65.3. The highest BCUT2D eigenvalue weighted by Crippen LogP contribution is 2.46. The highest BCUT2D eigenvalue weighted by atomic mass is 15.0. The molecular formula is C124H76N8. The van der Waals surface area contributed by atoms with E-state index in [0.717, 1.165) is 210 Å². The molecule has 0 saturated carbocycles. The van der Waals surface area contributed by atoms with Gasteiger partial charge in [-0.25, -0.2) is 0 Å². The van der Waals surface area contributed by atoms with Crippen LogP contribution in [0.1, 0.15) is 22.3 Å². The molecular weight excluding hydrogens is 1600 g/mol. The SMILES string of the molecule is N#Cc1cc(-n2c3ccc(-c4ccccc4)cc3c3ccc(-c4ccccc4)cc32)ccc1-c1ccc(-n2c3ccc(-c4ccccc4)cc3c3ccc(-c4ccccc4)cc32)cc1C#N.N#Cc1ccc(-c2ccc(C#N)c(-n3c4ccc(-c5ccccc5)cc4c4ccc(-c5ccccc5)cc43)c2)cc1-n1c2ccc(-c3ccccc3)cc2c2ccc(-c3ccccc3)cc21. The van der Waals surface area contributed by atoms with Crippen molar-refractivity contribution in [3.8, 4) is 158 Å². The van der Waals surface area contributed by atoms with Crippen LogP contribution in [0, 0.1) is 45.3 Å². The summed E-state index contributed by atoms with van der Waals surface area (Å²) in [4.78, 5) is 0. The summed E-state index contributed by atoms with van der Waals surface area (Å²) < 4.78 is 9.03. The number of fused-ring (bicyclic) bond motifs is 12. The van der Waals surface area contributed by atoms with Crippen LogP contribution < -0.4 is 0 Å². The summed E-state index contributed by atoms with van der Waals surface area (Å²) in [5.41, 5.74) is 35.1. The van der Waals surface area contributed by atoms with Gasteiger partial charge in [0.2, 0.25) is 0 Å². The molecule has 4 aromatic heterocycles. The molecule has 0 atom stereocenters. The maximum absolute atomic E-state index is 10.9. The highest BCUT2D eigenvalue weighted by Gasteiger charge is 2.25. The molecule has 0 aliphatic carbocycles. The van der Waals surface area contributed by atoms with E-state index in [0.29, 0.717) is 33.4 Å². The first-order valence-electron chi connectivity index (χ1n) is 44.2. The van der Waals surface area contributed by atoms with Crippen LogP contribution in [0.25, 0.3) is 221 Å². The molecule has 24 aromatic rings. The summed E-state index contributed by atoms with van der Waals surface area (Å²) in [5, 5.41) is 52.2. The van der Waals surface area contributed by atoms with Crippen LogP contribution in [0.2, 0.25) is 0 Å². The maximum atomic E-state index is 10.9. The third kappa shape index (κ3) is 13.9. The van der Waals surface area contributed by atoms with Gasteiger partial charge < -0.3 is 18.3 Å². The maximum Gasteiger partial charge on any atom is 0.101 e. The van der Waals surface area contributed by atoms with Gasteiger partial charge in [-0.3, -0.25) is 0 Å². The lowest BCUT2D eigenvalue weighted by atomic mass is 9.95. The largest absolute Gasteiger partial charge is 0.309 e. The molecule has 0 aliphatic rings. The molecule has 0 N–H and O–H groups in total. The van der Waals surface area contributed by atoms with E-state index in [9.17, 15) is 21.0 Å². The average molecular weight is 1680 g/mol. The topological polar surface area (TPSA) is 115 Å². The van der Waals surface area contributed by atoms with Crippen LogP contribution in [0.4, 0.5) is 0 Å². The quantitative estimate of drug-likeness (QED) is 0.108. The number of nitrogens with zero attached hydrogens (tertiary/aromatic N) is 8. The van der Waals surface area contributed by atoms with Gasteiger partial charge in [0.05, 0.1) is 89.9 Å². The number of benzene rings is 20.